The number of ether oxygens (including phenoxy) is 4. The molecule has 1 unspecified atom stereocenters. The molecule has 0 aromatic heterocycles. The minimum atomic E-state index is -0.473. The van der Waals surface area contributed by atoms with Crippen molar-refractivity contribution in [3.63, 3.8) is 0 Å². The second-order valence-corrected chi connectivity index (χ2v) is 8.60. The molecule has 3 atom stereocenters. The van der Waals surface area contributed by atoms with Gasteiger partial charge in [-0.1, -0.05) is 13.0 Å². The van der Waals surface area contributed by atoms with Gasteiger partial charge in [-0.15, -0.1) is 0 Å². The number of methoxy groups -OCH3 is 2. The van der Waals surface area contributed by atoms with E-state index in [2.05, 4.69) is 6.92 Å². The van der Waals surface area contributed by atoms with Crippen LogP contribution in [-0.2, 0) is 14.3 Å². The largest absolute Gasteiger partial charge is 0.493 e. The molecule has 1 aromatic rings. The van der Waals surface area contributed by atoms with Gasteiger partial charge in [-0.05, 0) is 50.3 Å². The van der Waals surface area contributed by atoms with Crippen LogP contribution in [0.2, 0.25) is 0 Å². The second kappa shape index (κ2) is 9.14. The van der Waals surface area contributed by atoms with Crippen molar-refractivity contribution >= 4 is 12.1 Å². The lowest BCUT2D eigenvalue weighted by atomic mass is 9.72. The van der Waals surface area contributed by atoms with E-state index in [4.69, 9.17) is 18.9 Å². The maximum atomic E-state index is 12.3. The van der Waals surface area contributed by atoms with Gasteiger partial charge in [-0.2, -0.15) is 0 Å². The first-order valence-corrected chi connectivity index (χ1v) is 10.6. The van der Waals surface area contributed by atoms with Crippen LogP contribution >= 0.6 is 0 Å². The van der Waals surface area contributed by atoms with Crippen LogP contribution in [0.15, 0.2) is 18.2 Å². The van der Waals surface area contributed by atoms with Crippen molar-refractivity contribution in [1.82, 2.24) is 4.90 Å². The van der Waals surface area contributed by atoms with Crippen LogP contribution in [0.1, 0.15) is 57.9 Å². The highest BCUT2D eigenvalue weighted by molar-refractivity contribution is 5.69. The van der Waals surface area contributed by atoms with Crippen molar-refractivity contribution in [2.24, 2.45) is 5.41 Å². The van der Waals surface area contributed by atoms with E-state index in [-0.39, 0.29) is 30.2 Å². The summed E-state index contributed by atoms with van der Waals surface area (Å²) in [7, 11) is 3.02. The molecule has 7 heteroatoms. The van der Waals surface area contributed by atoms with Crippen molar-refractivity contribution in [3.05, 3.63) is 23.8 Å². The van der Waals surface area contributed by atoms with Gasteiger partial charge >= 0.3 is 12.1 Å². The minimum Gasteiger partial charge on any atom is -0.493 e. The Morgan fingerprint density at radius 1 is 1.17 bits per heavy atom. The first kappa shape index (κ1) is 22.2. The molecule has 2 fully saturated rings. The summed E-state index contributed by atoms with van der Waals surface area (Å²) >= 11 is 0. The van der Waals surface area contributed by atoms with Crippen LogP contribution in [0, 0.1) is 5.41 Å². The molecule has 2 aliphatic rings. The van der Waals surface area contributed by atoms with Gasteiger partial charge < -0.3 is 23.8 Å². The third-order valence-corrected chi connectivity index (χ3v) is 6.62. The molecule has 7 nitrogen and oxygen atoms in total. The maximum Gasteiger partial charge on any atom is 0.409 e. The fourth-order valence-corrected chi connectivity index (χ4v) is 4.75. The molecule has 1 saturated heterocycles. The summed E-state index contributed by atoms with van der Waals surface area (Å²) in [6, 6.07) is 5.93. The van der Waals surface area contributed by atoms with Crippen LogP contribution < -0.4 is 9.47 Å². The molecule has 1 amide bonds. The van der Waals surface area contributed by atoms with Gasteiger partial charge in [0, 0.05) is 31.3 Å². The van der Waals surface area contributed by atoms with Crippen molar-refractivity contribution < 1.29 is 28.5 Å². The molecule has 1 aromatic carbocycles. The molecule has 0 bridgehead atoms. The number of hydrogen-bond acceptors (Lipinski definition) is 6. The summed E-state index contributed by atoms with van der Waals surface area (Å²) in [5, 5.41) is 0. The normalized spacial score (nSPS) is 25.1. The van der Waals surface area contributed by atoms with Gasteiger partial charge in [-0.25, -0.2) is 4.79 Å². The van der Waals surface area contributed by atoms with Crippen molar-refractivity contribution in [2.45, 2.75) is 64.6 Å². The number of nitrogens with zero attached hydrogens (tertiary/aromatic N) is 1. The van der Waals surface area contributed by atoms with E-state index in [1.54, 1.807) is 12.0 Å². The zero-order chi connectivity index (χ0) is 21.9. The van der Waals surface area contributed by atoms with Gasteiger partial charge in [0.05, 0.1) is 20.3 Å². The molecular formula is C23H33NO6. The Morgan fingerprint density at radius 2 is 1.87 bits per heavy atom. The van der Waals surface area contributed by atoms with Crippen molar-refractivity contribution in [3.8, 4) is 11.5 Å². The smallest absolute Gasteiger partial charge is 0.409 e. The zero-order valence-electron chi connectivity index (χ0n) is 18.6. The average Bonchev–Trinajstić information content (AvgIpc) is 3.35. The molecule has 30 heavy (non-hydrogen) atoms. The topological polar surface area (TPSA) is 74.3 Å². The molecule has 1 heterocycles. The van der Waals surface area contributed by atoms with Gasteiger partial charge in [0.2, 0.25) is 0 Å². The SMILES string of the molecule is COC(=O)N1C[C@@H](c2ccc(OC)c(OC3CCCC3)c2)C(C)([C@@H](C)OC(C)=O)C1. The van der Waals surface area contributed by atoms with Crippen LogP contribution in [0.5, 0.6) is 11.5 Å². The molecule has 3 rings (SSSR count). The predicted molar refractivity (Wildman–Crippen MR) is 112 cm³/mol. The van der Waals surface area contributed by atoms with Crippen LogP contribution in [0.25, 0.3) is 0 Å². The van der Waals surface area contributed by atoms with E-state index < -0.39 is 5.41 Å². The molecule has 0 N–H and O–H groups in total. The number of rotatable bonds is 6. The molecule has 0 spiro atoms. The molecule has 0 radical (unpaired) electrons. The highest BCUT2D eigenvalue weighted by Crippen LogP contribution is 2.48. The Labute approximate surface area is 178 Å². The molecule has 1 aliphatic heterocycles. The first-order valence-electron chi connectivity index (χ1n) is 10.6. The van der Waals surface area contributed by atoms with E-state index in [1.807, 2.05) is 25.1 Å². The van der Waals surface area contributed by atoms with E-state index >= 15 is 0 Å². The standard InChI is InChI=1S/C23H33NO6/c1-15(29-16(2)25)23(3)14-24(22(26)28-5)13-19(23)17-10-11-20(27-4)21(12-17)30-18-8-6-7-9-18/h10-12,15,18-19H,6-9,13-14H2,1-5H3/t15-,19+,23?/m1/s1. The predicted octanol–water partition coefficient (Wildman–Crippen LogP) is 4.14. The van der Waals surface area contributed by atoms with Gasteiger partial charge in [0.1, 0.15) is 6.10 Å². The third-order valence-electron chi connectivity index (χ3n) is 6.62. The van der Waals surface area contributed by atoms with Crippen molar-refractivity contribution in [1.29, 1.82) is 0 Å². The fourth-order valence-electron chi connectivity index (χ4n) is 4.75. The summed E-state index contributed by atoms with van der Waals surface area (Å²) < 4.78 is 22.3. The van der Waals surface area contributed by atoms with Gasteiger partial charge in [0.25, 0.3) is 0 Å². The summed E-state index contributed by atoms with van der Waals surface area (Å²) in [5.41, 5.74) is 0.552. The lowest BCUT2D eigenvalue weighted by Gasteiger charge is -2.36. The Hall–Kier alpha value is -2.44. The Balaban J connectivity index is 1.94. The maximum absolute atomic E-state index is 12.3. The monoisotopic (exact) mass is 419 g/mol. The number of likely N-dealkylation sites (tertiary alicyclic amines) is 1. The van der Waals surface area contributed by atoms with Gasteiger partial charge in [0.15, 0.2) is 11.5 Å². The first-order chi connectivity index (χ1) is 14.3. The highest BCUT2D eigenvalue weighted by Gasteiger charge is 2.50. The Morgan fingerprint density at radius 3 is 2.47 bits per heavy atom. The summed E-state index contributed by atoms with van der Waals surface area (Å²) in [5.74, 6) is 1.03. The quantitative estimate of drug-likeness (QED) is 0.645. The van der Waals surface area contributed by atoms with Gasteiger partial charge in [-0.3, -0.25) is 4.79 Å². The Bertz CT molecular complexity index is 775. The highest BCUT2D eigenvalue weighted by atomic mass is 16.5. The lowest BCUT2D eigenvalue weighted by Crippen LogP contribution is -2.40. The lowest BCUT2D eigenvalue weighted by molar-refractivity contribution is -0.151. The Kier molecular flexibility index (Phi) is 6.78. The molecular weight excluding hydrogens is 386 g/mol. The molecule has 1 saturated carbocycles. The fraction of sp³-hybridized carbons (Fsp3) is 0.652. The number of carbonyl (C=O) groups is 2. The summed E-state index contributed by atoms with van der Waals surface area (Å²) in [4.78, 5) is 25.6. The third kappa shape index (κ3) is 4.50. The van der Waals surface area contributed by atoms with E-state index in [0.29, 0.717) is 18.8 Å². The van der Waals surface area contributed by atoms with Crippen LogP contribution in [-0.4, -0.2) is 56.5 Å². The molecule has 166 valence electrons. The van der Waals surface area contributed by atoms with Crippen molar-refractivity contribution in [2.75, 3.05) is 27.3 Å². The number of carbonyl (C=O) groups excluding carboxylic acids is 2. The number of benzene rings is 1. The van der Waals surface area contributed by atoms with Crippen LogP contribution in [0.3, 0.4) is 0 Å². The average molecular weight is 420 g/mol. The number of amides is 1. The summed E-state index contributed by atoms with van der Waals surface area (Å²) in [6.45, 7) is 6.25. The summed E-state index contributed by atoms with van der Waals surface area (Å²) in [6.07, 6.45) is 3.91. The molecule has 1 aliphatic carbocycles. The van der Waals surface area contributed by atoms with E-state index in [1.165, 1.54) is 26.9 Å². The number of esters is 1. The minimum absolute atomic E-state index is 0.0530. The number of hydrogen-bond donors (Lipinski definition) is 0. The van der Waals surface area contributed by atoms with Crippen LogP contribution in [0.4, 0.5) is 4.79 Å². The van der Waals surface area contributed by atoms with E-state index in [9.17, 15) is 9.59 Å². The second-order valence-electron chi connectivity index (χ2n) is 8.60. The van der Waals surface area contributed by atoms with E-state index in [0.717, 1.165) is 24.2 Å². The zero-order valence-corrected chi connectivity index (χ0v) is 18.6.